The number of nitrogens with zero attached hydrogens (tertiary/aromatic N) is 2. The van der Waals surface area contributed by atoms with E-state index in [2.05, 4.69) is 15.9 Å². The summed E-state index contributed by atoms with van der Waals surface area (Å²) in [6.07, 6.45) is 1.51. The Kier molecular flexibility index (Phi) is 4.32. The molecule has 0 aliphatic rings. The average molecular weight is 285 g/mol. The van der Waals surface area contributed by atoms with Crippen LogP contribution in [0.3, 0.4) is 0 Å². The van der Waals surface area contributed by atoms with Crippen molar-refractivity contribution in [3.63, 3.8) is 0 Å². The molecule has 1 aromatic carbocycles. The summed E-state index contributed by atoms with van der Waals surface area (Å²) in [6, 6.07) is 5.92. The Morgan fingerprint density at radius 1 is 1.56 bits per heavy atom. The zero-order valence-electron chi connectivity index (χ0n) is 8.87. The molecule has 0 saturated carbocycles. The van der Waals surface area contributed by atoms with Gasteiger partial charge < -0.3 is 9.64 Å². The van der Waals surface area contributed by atoms with Crippen LogP contribution in [0.2, 0.25) is 0 Å². The van der Waals surface area contributed by atoms with E-state index in [1.807, 2.05) is 6.07 Å². The molecule has 0 bridgehead atoms. The first-order valence-electron chi connectivity index (χ1n) is 4.44. The van der Waals surface area contributed by atoms with Crippen molar-refractivity contribution in [3.05, 3.63) is 40.4 Å². The Morgan fingerprint density at radius 2 is 2.25 bits per heavy atom. The van der Waals surface area contributed by atoms with E-state index in [-0.39, 0.29) is 11.5 Å². The minimum atomic E-state index is -0.416. The summed E-state index contributed by atoms with van der Waals surface area (Å²) in [5.41, 5.74) is 0. The molecule has 0 aliphatic carbocycles. The predicted molar refractivity (Wildman–Crippen MR) is 62.1 cm³/mol. The van der Waals surface area contributed by atoms with Gasteiger partial charge in [0, 0.05) is 20.2 Å². The van der Waals surface area contributed by atoms with E-state index in [1.165, 1.54) is 24.4 Å². The monoisotopic (exact) mass is 284 g/mol. The highest BCUT2D eigenvalue weighted by Crippen LogP contribution is 2.27. The maximum Gasteiger partial charge on any atom is 0.219 e. The lowest BCUT2D eigenvalue weighted by Gasteiger charge is -2.09. The number of nitriles is 1. The summed E-state index contributed by atoms with van der Waals surface area (Å²) in [7, 11) is 3.53. The second-order valence-corrected chi connectivity index (χ2v) is 4.10. The second kappa shape index (κ2) is 5.52. The minimum absolute atomic E-state index is 0.0938. The molecule has 0 spiro atoms. The third-order valence-electron chi connectivity index (χ3n) is 1.60. The van der Waals surface area contributed by atoms with Gasteiger partial charge in [-0.05, 0) is 28.1 Å². The van der Waals surface area contributed by atoms with Crippen molar-refractivity contribution in [3.8, 4) is 11.8 Å². The zero-order chi connectivity index (χ0) is 12.1. The molecule has 0 fully saturated rings. The lowest BCUT2D eigenvalue weighted by Crippen LogP contribution is -2.05. The Labute approximate surface area is 102 Å². The second-order valence-electron chi connectivity index (χ2n) is 3.25. The molecule has 0 amide bonds. The van der Waals surface area contributed by atoms with E-state index in [0.717, 1.165) is 0 Å². The van der Waals surface area contributed by atoms with Crippen LogP contribution >= 0.6 is 15.9 Å². The van der Waals surface area contributed by atoms with Gasteiger partial charge in [-0.25, -0.2) is 4.39 Å². The molecule has 1 aromatic rings. The summed E-state index contributed by atoms with van der Waals surface area (Å²) in [4.78, 5) is 1.67. The van der Waals surface area contributed by atoms with Crippen molar-refractivity contribution in [2.24, 2.45) is 0 Å². The SMILES string of the molecule is CN(C)/C=C(/C#N)Oc1cc(F)ccc1Br. The fraction of sp³-hybridized carbons (Fsp3) is 0.182. The molecule has 0 aromatic heterocycles. The largest absolute Gasteiger partial charge is 0.443 e. The minimum Gasteiger partial charge on any atom is -0.443 e. The van der Waals surface area contributed by atoms with Gasteiger partial charge in [0.05, 0.1) is 10.7 Å². The molecule has 0 atom stereocenters. The fourth-order valence-electron chi connectivity index (χ4n) is 0.986. The molecular formula is C11H10BrFN2O. The predicted octanol–water partition coefficient (Wildman–Crippen LogP) is 2.89. The van der Waals surface area contributed by atoms with Crippen molar-refractivity contribution in [1.29, 1.82) is 5.26 Å². The molecular weight excluding hydrogens is 275 g/mol. The van der Waals surface area contributed by atoms with Crippen LogP contribution in [0.15, 0.2) is 34.6 Å². The molecule has 16 heavy (non-hydrogen) atoms. The van der Waals surface area contributed by atoms with Crippen molar-refractivity contribution >= 4 is 15.9 Å². The third kappa shape index (κ3) is 3.55. The summed E-state index contributed by atoms with van der Waals surface area (Å²) in [5.74, 6) is -0.0497. The van der Waals surface area contributed by atoms with Crippen LogP contribution in [0.4, 0.5) is 4.39 Å². The molecule has 0 N–H and O–H groups in total. The number of ether oxygens (including phenoxy) is 1. The van der Waals surface area contributed by atoms with Gasteiger partial charge in [-0.2, -0.15) is 5.26 Å². The van der Waals surface area contributed by atoms with Gasteiger partial charge in [-0.1, -0.05) is 0 Å². The van der Waals surface area contributed by atoms with Crippen LogP contribution in [0, 0.1) is 17.1 Å². The highest BCUT2D eigenvalue weighted by atomic mass is 79.9. The van der Waals surface area contributed by atoms with E-state index < -0.39 is 5.82 Å². The third-order valence-corrected chi connectivity index (χ3v) is 2.25. The van der Waals surface area contributed by atoms with Crippen LogP contribution < -0.4 is 4.74 Å². The van der Waals surface area contributed by atoms with Crippen molar-refractivity contribution in [1.82, 2.24) is 4.90 Å². The first-order chi connectivity index (χ1) is 7.52. The van der Waals surface area contributed by atoms with E-state index in [0.29, 0.717) is 4.47 Å². The smallest absolute Gasteiger partial charge is 0.219 e. The maximum absolute atomic E-state index is 13.0. The molecule has 0 radical (unpaired) electrons. The zero-order valence-corrected chi connectivity index (χ0v) is 10.5. The van der Waals surface area contributed by atoms with Crippen LogP contribution in [0.5, 0.6) is 5.75 Å². The Balaban J connectivity index is 2.95. The Hall–Kier alpha value is -1.54. The number of hydrogen-bond donors (Lipinski definition) is 0. The van der Waals surface area contributed by atoms with E-state index in [1.54, 1.807) is 19.0 Å². The van der Waals surface area contributed by atoms with Gasteiger partial charge in [-0.3, -0.25) is 0 Å². The average Bonchev–Trinajstić information content (AvgIpc) is 2.21. The first kappa shape index (κ1) is 12.5. The number of benzene rings is 1. The summed E-state index contributed by atoms with van der Waals surface area (Å²) < 4.78 is 18.8. The van der Waals surface area contributed by atoms with E-state index >= 15 is 0 Å². The molecule has 84 valence electrons. The molecule has 3 nitrogen and oxygen atoms in total. The van der Waals surface area contributed by atoms with E-state index in [4.69, 9.17) is 10.00 Å². The first-order valence-corrected chi connectivity index (χ1v) is 5.23. The molecule has 1 rings (SSSR count). The number of hydrogen-bond acceptors (Lipinski definition) is 3. The topological polar surface area (TPSA) is 36.3 Å². The molecule has 0 unspecified atom stereocenters. The van der Waals surface area contributed by atoms with Gasteiger partial charge in [0.1, 0.15) is 17.6 Å². The summed E-state index contributed by atoms with van der Waals surface area (Å²) in [5, 5.41) is 8.82. The van der Waals surface area contributed by atoms with Gasteiger partial charge in [0.25, 0.3) is 0 Å². The lowest BCUT2D eigenvalue weighted by atomic mass is 10.3. The van der Waals surface area contributed by atoms with Crippen molar-refractivity contribution in [2.75, 3.05) is 14.1 Å². The van der Waals surface area contributed by atoms with Crippen LogP contribution in [0.1, 0.15) is 0 Å². The molecule has 0 aliphatic heterocycles. The summed E-state index contributed by atoms with van der Waals surface area (Å²) >= 11 is 3.21. The van der Waals surface area contributed by atoms with Gasteiger partial charge in [0.2, 0.25) is 5.76 Å². The summed E-state index contributed by atoms with van der Waals surface area (Å²) in [6.45, 7) is 0. The van der Waals surface area contributed by atoms with Gasteiger partial charge >= 0.3 is 0 Å². The van der Waals surface area contributed by atoms with Crippen molar-refractivity contribution in [2.45, 2.75) is 0 Å². The highest BCUT2D eigenvalue weighted by Gasteiger charge is 2.06. The Bertz CT molecular complexity index is 452. The highest BCUT2D eigenvalue weighted by molar-refractivity contribution is 9.10. The van der Waals surface area contributed by atoms with Crippen LogP contribution in [-0.2, 0) is 0 Å². The standard InChI is InChI=1S/C11H10BrFN2O/c1-15(2)7-9(6-14)16-11-5-8(13)3-4-10(11)12/h3-5,7H,1-2H3/b9-7-. The van der Waals surface area contributed by atoms with E-state index in [9.17, 15) is 4.39 Å². The quantitative estimate of drug-likeness (QED) is 0.633. The van der Waals surface area contributed by atoms with Gasteiger partial charge in [-0.15, -0.1) is 0 Å². The maximum atomic E-state index is 13.0. The Morgan fingerprint density at radius 3 is 2.81 bits per heavy atom. The number of allylic oxidation sites excluding steroid dienone is 1. The van der Waals surface area contributed by atoms with Crippen LogP contribution in [-0.4, -0.2) is 19.0 Å². The number of halogens is 2. The molecule has 0 heterocycles. The molecule has 5 heteroatoms. The lowest BCUT2D eigenvalue weighted by molar-refractivity contribution is 0.418. The molecule has 0 saturated heterocycles. The number of rotatable bonds is 3. The van der Waals surface area contributed by atoms with Crippen molar-refractivity contribution < 1.29 is 9.13 Å². The fourth-order valence-corrected chi connectivity index (χ4v) is 1.31. The van der Waals surface area contributed by atoms with Crippen LogP contribution in [0.25, 0.3) is 0 Å². The van der Waals surface area contributed by atoms with Gasteiger partial charge in [0.15, 0.2) is 0 Å². The normalized spacial score (nSPS) is 10.8.